The lowest BCUT2D eigenvalue weighted by Crippen LogP contribution is -2.28. The van der Waals surface area contributed by atoms with E-state index in [1.165, 1.54) is 6.20 Å². The van der Waals surface area contributed by atoms with E-state index in [9.17, 15) is 9.59 Å². The third-order valence-corrected chi connectivity index (χ3v) is 1.17. The fourth-order valence-corrected chi connectivity index (χ4v) is 0.676. The summed E-state index contributed by atoms with van der Waals surface area (Å²) in [6.07, 6.45) is 2.88. The van der Waals surface area contributed by atoms with Crippen molar-refractivity contribution in [1.29, 1.82) is 0 Å². The maximum Gasteiger partial charge on any atom is 0.413 e. The van der Waals surface area contributed by atoms with E-state index in [1.54, 1.807) is 18.3 Å². The number of aldehydes is 1. The topological polar surface area (TPSA) is 68.3 Å². The zero-order valence-electron chi connectivity index (χ0n) is 6.77. The molecule has 1 aromatic rings. The Labute approximate surface area is 74.7 Å². The van der Waals surface area contributed by atoms with E-state index in [2.05, 4.69) is 10.3 Å². The van der Waals surface area contributed by atoms with Crippen molar-refractivity contribution in [3.05, 3.63) is 24.5 Å². The predicted molar refractivity (Wildman–Crippen MR) is 44.3 cm³/mol. The maximum absolute atomic E-state index is 10.9. The molecule has 68 valence electrons. The lowest BCUT2D eigenvalue weighted by atomic mass is 10.5. The molecule has 0 aliphatic carbocycles. The van der Waals surface area contributed by atoms with Crippen LogP contribution < -0.4 is 10.1 Å². The molecule has 0 saturated heterocycles. The Kier molecular flexibility index (Phi) is 3.44. The Morgan fingerprint density at radius 3 is 3.15 bits per heavy atom. The number of ether oxygens (including phenoxy) is 1. The van der Waals surface area contributed by atoms with E-state index in [1.807, 2.05) is 0 Å². The van der Waals surface area contributed by atoms with Gasteiger partial charge in [-0.15, -0.1) is 0 Å². The van der Waals surface area contributed by atoms with E-state index in [4.69, 9.17) is 4.74 Å². The number of aromatic nitrogens is 1. The molecule has 0 bridgehead atoms. The molecule has 0 aromatic carbocycles. The van der Waals surface area contributed by atoms with Crippen LogP contribution in [0.2, 0.25) is 0 Å². The third kappa shape index (κ3) is 3.33. The summed E-state index contributed by atoms with van der Waals surface area (Å²) >= 11 is 0. The van der Waals surface area contributed by atoms with Gasteiger partial charge in [0.15, 0.2) is 5.75 Å². The number of nitrogens with zero attached hydrogens (tertiary/aromatic N) is 1. The van der Waals surface area contributed by atoms with Crippen LogP contribution in [0, 0.1) is 0 Å². The van der Waals surface area contributed by atoms with E-state index in [0.29, 0.717) is 12.0 Å². The van der Waals surface area contributed by atoms with Gasteiger partial charge in [-0.25, -0.2) is 4.79 Å². The summed E-state index contributed by atoms with van der Waals surface area (Å²) in [6.45, 7) is -0.0565. The molecule has 1 N–H and O–H groups in total. The summed E-state index contributed by atoms with van der Waals surface area (Å²) in [4.78, 5) is 24.5. The molecule has 0 atom stereocenters. The first-order valence-electron chi connectivity index (χ1n) is 3.62. The second kappa shape index (κ2) is 4.87. The average Bonchev–Trinajstić information content (AvgIpc) is 2.16. The lowest BCUT2D eigenvalue weighted by molar-refractivity contribution is -0.107. The molecule has 1 heterocycles. The first-order valence-corrected chi connectivity index (χ1v) is 3.62. The van der Waals surface area contributed by atoms with Crippen molar-refractivity contribution >= 4 is 12.4 Å². The Balaban J connectivity index is 2.41. The van der Waals surface area contributed by atoms with Crippen molar-refractivity contribution in [3.8, 4) is 5.75 Å². The van der Waals surface area contributed by atoms with Gasteiger partial charge in [-0.05, 0) is 12.1 Å². The van der Waals surface area contributed by atoms with Crippen molar-refractivity contribution in [3.63, 3.8) is 0 Å². The van der Waals surface area contributed by atoms with Crippen LogP contribution in [-0.2, 0) is 4.79 Å². The first kappa shape index (κ1) is 9.18. The summed E-state index contributed by atoms with van der Waals surface area (Å²) in [5.74, 6) is 0.339. The molecule has 0 unspecified atom stereocenters. The van der Waals surface area contributed by atoms with Crippen LogP contribution in [-0.4, -0.2) is 23.9 Å². The molecule has 0 fully saturated rings. The molecule has 0 aliphatic heterocycles. The van der Waals surface area contributed by atoms with Gasteiger partial charge in [-0.2, -0.15) is 0 Å². The fraction of sp³-hybridized carbons (Fsp3) is 0.125. The highest BCUT2D eigenvalue weighted by Gasteiger charge is 2.01. The van der Waals surface area contributed by atoms with Crippen LogP contribution in [0.25, 0.3) is 0 Å². The Hall–Kier alpha value is -1.91. The van der Waals surface area contributed by atoms with Gasteiger partial charge < -0.3 is 14.8 Å². The molecular weight excluding hydrogens is 172 g/mol. The zero-order chi connectivity index (χ0) is 9.52. The van der Waals surface area contributed by atoms with Crippen molar-refractivity contribution in [2.75, 3.05) is 6.54 Å². The molecule has 1 amide bonds. The van der Waals surface area contributed by atoms with Gasteiger partial charge in [0.1, 0.15) is 6.29 Å². The minimum Gasteiger partial charge on any atom is -0.409 e. The minimum absolute atomic E-state index is 0.0565. The smallest absolute Gasteiger partial charge is 0.409 e. The Bertz CT molecular complexity index is 287. The number of carbonyl (C=O) groups excluding carboxylic acids is 2. The summed E-state index contributed by atoms with van der Waals surface area (Å²) in [7, 11) is 0. The molecule has 13 heavy (non-hydrogen) atoms. The number of amides is 1. The van der Waals surface area contributed by atoms with Crippen LogP contribution in [0.5, 0.6) is 5.75 Å². The molecule has 0 spiro atoms. The lowest BCUT2D eigenvalue weighted by Gasteiger charge is -2.02. The molecule has 5 nitrogen and oxygen atoms in total. The fourth-order valence-electron chi connectivity index (χ4n) is 0.676. The van der Waals surface area contributed by atoms with Crippen LogP contribution in [0.15, 0.2) is 24.5 Å². The van der Waals surface area contributed by atoms with E-state index in [0.717, 1.165) is 0 Å². The highest BCUT2D eigenvalue weighted by Crippen LogP contribution is 2.05. The van der Waals surface area contributed by atoms with E-state index in [-0.39, 0.29) is 6.54 Å². The first-order chi connectivity index (χ1) is 6.33. The van der Waals surface area contributed by atoms with Gasteiger partial charge in [-0.1, -0.05) is 0 Å². The molecule has 1 rings (SSSR count). The highest BCUT2D eigenvalue weighted by molar-refractivity contribution is 5.73. The standard InChI is InChI=1S/C8H8N2O3/c11-5-4-10-8(12)13-7-2-1-3-9-6-7/h1-3,5-6H,4H2,(H,10,12). The molecule has 1 aromatic heterocycles. The SMILES string of the molecule is O=CCNC(=O)Oc1cccnc1. The Morgan fingerprint density at radius 2 is 2.54 bits per heavy atom. The number of carbonyl (C=O) groups is 2. The second-order valence-corrected chi connectivity index (χ2v) is 2.13. The van der Waals surface area contributed by atoms with E-state index < -0.39 is 6.09 Å². The highest BCUT2D eigenvalue weighted by atomic mass is 16.6. The molecular formula is C8H8N2O3. The van der Waals surface area contributed by atoms with E-state index >= 15 is 0 Å². The predicted octanol–water partition coefficient (Wildman–Crippen LogP) is 0.369. The molecule has 5 heteroatoms. The molecule has 0 aliphatic rings. The van der Waals surface area contributed by atoms with Gasteiger partial charge in [0.05, 0.1) is 12.7 Å². The summed E-state index contributed by atoms with van der Waals surface area (Å²) < 4.78 is 4.74. The quantitative estimate of drug-likeness (QED) is 0.682. The number of hydrogen-bond donors (Lipinski definition) is 1. The number of rotatable bonds is 3. The summed E-state index contributed by atoms with van der Waals surface area (Å²) in [5.41, 5.74) is 0. The van der Waals surface area contributed by atoms with Gasteiger partial charge in [0, 0.05) is 6.20 Å². The van der Waals surface area contributed by atoms with Crippen LogP contribution in [0.1, 0.15) is 0 Å². The number of nitrogens with one attached hydrogen (secondary N) is 1. The normalized spacial score (nSPS) is 8.92. The van der Waals surface area contributed by atoms with Crippen molar-refractivity contribution < 1.29 is 14.3 Å². The molecule has 0 radical (unpaired) electrons. The molecule has 0 saturated carbocycles. The minimum atomic E-state index is -0.667. The number of hydrogen-bond acceptors (Lipinski definition) is 4. The largest absolute Gasteiger partial charge is 0.413 e. The van der Waals surface area contributed by atoms with Crippen LogP contribution in [0.3, 0.4) is 0 Å². The zero-order valence-corrected chi connectivity index (χ0v) is 6.77. The Morgan fingerprint density at radius 1 is 1.69 bits per heavy atom. The summed E-state index contributed by atoms with van der Waals surface area (Å²) in [6, 6.07) is 3.23. The van der Waals surface area contributed by atoms with Crippen LogP contribution in [0.4, 0.5) is 4.79 Å². The monoisotopic (exact) mass is 180 g/mol. The van der Waals surface area contributed by atoms with Crippen LogP contribution >= 0.6 is 0 Å². The van der Waals surface area contributed by atoms with Gasteiger partial charge in [-0.3, -0.25) is 4.98 Å². The average molecular weight is 180 g/mol. The van der Waals surface area contributed by atoms with Gasteiger partial charge in [0.2, 0.25) is 0 Å². The second-order valence-electron chi connectivity index (χ2n) is 2.13. The van der Waals surface area contributed by atoms with Gasteiger partial charge in [0.25, 0.3) is 0 Å². The van der Waals surface area contributed by atoms with Crippen molar-refractivity contribution in [2.24, 2.45) is 0 Å². The third-order valence-electron chi connectivity index (χ3n) is 1.17. The van der Waals surface area contributed by atoms with Gasteiger partial charge >= 0.3 is 6.09 Å². The number of pyridine rings is 1. The maximum atomic E-state index is 10.9. The van der Waals surface area contributed by atoms with Crippen molar-refractivity contribution in [1.82, 2.24) is 10.3 Å². The summed E-state index contributed by atoms with van der Waals surface area (Å²) in [5, 5.41) is 2.22. The van der Waals surface area contributed by atoms with Crippen molar-refractivity contribution in [2.45, 2.75) is 0 Å².